The van der Waals surface area contributed by atoms with Gasteiger partial charge in [-0.2, -0.15) is 0 Å². The summed E-state index contributed by atoms with van der Waals surface area (Å²) in [5.74, 6) is -0.317. The number of benzene rings is 2. The highest BCUT2D eigenvalue weighted by Gasteiger charge is 2.35. The first-order valence-electron chi connectivity index (χ1n) is 10.9. The van der Waals surface area contributed by atoms with Crippen LogP contribution in [0.25, 0.3) is 16.6 Å². The largest absolute Gasteiger partial charge is 0.494 e. The van der Waals surface area contributed by atoms with E-state index in [-0.39, 0.29) is 11.4 Å². The first kappa shape index (κ1) is 20.3. The molecule has 0 saturated carbocycles. The summed E-state index contributed by atoms with van der Waals surface area (Å²) in [6.45, 7) is 7.32. The Morgan fingerprint density at radius 2 is 1.84 bits per heavy atom. The second-order valence-corrected chi connectivity index (χ2v) is 8.39. The van der Waals surface area contributed by atoms with Crippen LogP contribution in [0.2, 0.25) is 0 Å². The summed E-state index contributed by atoms with van der Waals surface area (Å²) < 4.78 is 1.21. The van der Waals surface area contributed by atoms with Crippen molar-refractivity contribution in [2.24, 2.45) is 0 Å². The molecule has 5 rings (SSSR count). The Morgan fingerprint density at radius 3 is 2.62 bits per heavy atom. The normalized spacial score (nSPS) is 16.4. The monoisotopic (exact) mass is 430 g/mol. The number of nitrogens with one attached hydrogen (secondary N) is 2. The van der Waals surface area contributed by atoms with Crippen LogP contribution < -0.4 is 11.2 Å². The second kappa shape index (κ2) is 7.53. The van der Waals surface area contributed by atoms with Gasteiger partial charge >= 0.3 is 5.69 Å². The number of rotatable bonds is 3. The molecular formula is C25H26N4O3. The van der Waals surface area contributed by atoms with E-state index in [0.29, 0.717) is 12.2 Å². The van der Waals surface area contributed by atoms with E-state index in [1.165, 1.54) is 4.57 Å². The smallest absolute Gasteiger partial charge is 0.335 e. The molecule has 7 nitrogen and oxygen atoms in total. The third-order valence-electron chi connectivity index (χ3n) is 6.75. The van der Waals surface area contributed by atoms with Crippen LogP contribution in [-0.2, 0) is 6.42 Å². The van der Waals surface area contributed by atoms with Crippen molar-refractivity contribution in [1.29, 1.82) is 0 Å². The Morgan fingerprint density at radius 1 is 1.06 bits per heavy atom. The predicted molar refractivity (Wildman–Crippen MR) is 125 cm³/mol. The first-order valence-corrected chi connectivity index (χ1v) is 10.9. The molecule has 0 aliphatic carbocycles. The maximum atomic E-state index is 13.1. The van der Waals surface area contributed by atoms with Crippen LogP contribution in [-0.4, -0.2) is 37.6 Å². The molecule has 0 radical (unpaired) electrons. The highest BCUT2D eigenvalue weighted by Crippen LogP contribution is 2.39. The minimum atomic E-state index is -0.652. The van der Waals surface area contributed by atoms with Gasteiger partial charge in [-0.25, -0.2) is 9.36 Å². The van der Waals surface area contributed by atoms with Gasteiger partial charge in [0.05, 0.1) is 11.7 Å². The van der Waals surface area contributed by atoms with Crippen LogP contribution in [0, 0.1) is 13.8 Å². The van der Waals surface area contributed by atoms with Gasteiger partial charge in [0.2, 0.25) is 5.88 Å². The van der Waals surface area contributed by atoms with Gasteiger partial charge in [-0.1, -0.05) is 37.3 Å². The molecule has 7 heteroatoms. The van der Waals surface area contributed by atoms with E-state index in [1.807, 2.05) is 51.1 Å². The number of aromatic amines is 2. The molecule has 0 bridgehead atoms. The Balaban J connectivity index is 1.81. The Kier molecular flexibility index (Phi) is 4.78. The number of H-pyrrole nitrogens is 2. The van der Waals surface area contributed by atoms with Gasteiger partial charge < -0.3 is 10.1 Å². The molecule has 3 N–H and O–H groups in total. The Hall–Kier alpha value is -3.58. The summed E-state index contributed by atoms with van der Waals surface area (Å²) >= 11 is 0. The molecular weight excluding hydrogens is 404 g/mol. The lowest BCUT2D eigenvalue weighted by Gasteiger charge is -2.35. The molecule has 2 aromatic carbocycles. The molecule has 1 atom stereocenters. The first-order chi connectivity index (χ1) is 15.4. The molecule has 0 fully saturated rings. The summed E-state index contributed by atoms with van der Waals surface area (Å²) in [6.07, 6.45) is 0.846. The molecule has 0 spiro atoms. The number of aromatic nitrogens is 3. The van der Waals surface area contributed by atoms with Crippen molar-refractivity contribution in [2.45, 2.75) is 33.2 Å². The van der Waals surface area contributed by atoms with Crippen molar-refractivity contribution in [3.63, 3.8) is 0 Å². The zero-order valence-corrected chi connectivity index (χ0v) is 18.4. The number of aryl methyl sites for hydroxylation is 1. The fourth-order valence-corrected chi connectivity index (χ4v) is 4.94. The molecule has 3 heterocycles. The predicted octanol–water partition coefficient (Wildman–Crippen LogP) is 3.30. The Bertz CT molecular complexity index is 1460. The number of para-hydroxylation sites is 1. The van der Waals surface area contributed by atoms with Gasteiger partial charge in [0.15, 0.2) is 0 Å². The van der Waals surface area contributed by atoms with Gasteiger partial charge in [0, 0.05) is 23.1 Å². The van der Waals surface area contributed by atoms with E-state index in [0.717, 1.165) is 46.3 Å². The van der Waals surface area contributed by atoms with Crippen LogP contribution in [0.4, 0.5) is 0 Å². The average Bonchev–Trinajstić information content (AvgIpc) is 3.15. The summed E-state index contributed by atoms with van der Waals surface area (Å²) in [5.41, 5.74) is 4.42. The van der Waals surface area contributed by atoms with Crippen LogP contribution in [0.3, 0.4) is 0 Å². The molecule has 4 aromatic rings. The maximum Gasteiger partial charge on any atom is 0.335 e. The van der Waals surface area contributed by atoms with E-state index in [2.05, 4.69) is 20.9 Å². The minimum absolute atomic E-state index is 0.180. The van der Waals surface area contributed by atoms with Crippen molar-refractivity contribution >= 4 is 10.9 Å². The van der Waals surface area contributed by atoms with Crippen molar-refractivity contribution in [1.82, 2.24) is 19.4 Å². The van der Waals surface area contributed by atoms with E-state index < -0.39 is 17.3 Å². The molecule has 164 valence electrons. The molecule has 0 amide bonds. The SMILES string of the molecule is CCN1CCc2c([nH]c3ccccc23)[C@@H]1c1c(O)n(-c2cccc(C)c2C)c(=O)[nH]c1=O. The molecule has 32 heavy (non-hydrogen) atoms. The second-order valence-electron chi connectivity index (χ2n) is 8.39. The van der Waals surface area contributed by atoms with E-state index in [9.17, 15) is 14.7 Å². The van der Waals surface area contributed by atoms with Crippen molar-refractivity contribution in [3.05, 3.63) is 91.3 Å². The maximum absolute atomic E-state index is 13.1. The number of likely N-dealkylation sites (N-methyl/N-ethyl adjacent to an activating group) is 1. The molecule has 0 unspecified atom stereocenters. The van der Waals surface area contributed by atoms with Crippen LogP contribution in [0.1, 0.15) is 40.9 Å². The lowest BCUT2D eigenvalue weighted by Crippen LogP contribution is -2.41. The Labute approximate surface area is 185 Å². The van der Waals surface area contributed by atoms with E-state index >= 15 is 0 Å². The third kappa shape index (κ3) is 2.92. The lowest BCUT2D eigenvalue weighted by molar-refractivity contribution is 0.215. The van der Waals surface area contributed by atoms with E-state index in [4.69, 9.17) is 0 Å². The van der Waals surface area contributed by atoms with Gasteiger partial charge in [-0.05, 0) is 55.6 Å². The quantitative estimate of drug-likeness (QED) is 0.465. The minimum Gasteiger partial charge on any atom is -0.494 e. The number of fused-ring (bicyclic) bond motifs is 3. The molecule has 1 aliphatic heterocycles. The van der Waals surface area contributed by atoms with E-state index in [1.54, 1.807) is 6.07 Å². The van der Waals surface area contributed by atoms with Crippen molar-refractivity contribution in [3.8, 4) is 11.6 Å². The lowest BCUT2D eigenvalue weighted by atomic mass is 9.93. The zero-order chi connectivity index (χ0) is 22.6. The number of aromatic hydroxyl groups is 1. The van der Waals surface area contributed by atoms with Crippen LogP contribution in [0.15, 0.2) is 52.1 Å². The highest BCUT2D eigenvalue weighted by atomic mass is 16.3. The highest BCUT2D eigenvalue weighted by molar-refractivity contribution is 5.85. The van der Waals surface area contributed by atoms with Crippen molar-refractivity contribution < 1.29 is 5.11 Å². The van der Waals surface area contributed by atoms with Crippen LogP contribution >= 0.6 is 0 Å². The van der Waals surface area contributed by atoms with Gasteiger partial charge in [-0.3, -0.25) is 14.7 Å². The molecule has 1 aliphatic rings. The van der Waals surface area contributed by atoms with Gasteiger partial charge in [0.1, 0.15) is 5.56 Å². The summed E-state index contributed by atoms with van der Waals surface area (Å²) in [6, 6.07) is 13.1. The molecule has 2 aromatic heterocycles. The fourth-order valence-electron chi connectivity index (χ4n) is 4.94. The summed E-state index contributed by atoms with van der Waals surface area (Å²) in [5, 5.41) is 12.5. The standard InChI is InChI=1S/C25H26N4O3/c1-4-28-13-12-17-16-9-5-6-10-18(16)26-21(17)22(28)20-23(30)27-25(32)29(24(20)31)19-11-7-8-14(2)15(19)3/h5-11,22,26,31H,4,12-13H2,1-3H3,(H,27,30,32)/t22-/m0/s1. The summed E-state index contributed by atoms with van der Waals surface area (Å²) in [7, 11) is 0. The number of nitrogens with zero attached hydrogens (tertiary/aromatic N) is 2. The van der Waals surface area contributed by atoms with Gasteiger partial charge in [0.25, 0.3) is 5.56 Å². The number of hydrogen-bond donors (Lipinski definition) is 3. The van der Waals surface area contributed by atoms with Gasteiger partial charge in [-0.15, -0.1) is 0 Å². The third-order valence-corrected chi connectivity index (χ3v) is 6.75. The molecule has 0 saturated heterocycles. The van der Waals surface area contributed by atoms with Crippen molar-refractivity contribution in [2.75, 3.05) is 13.1 Å². The average molecular weight is 431 g/mol. The fraction of sp³-hybridized carbons (Fsp3) is 0.280. The summed E-state index contributed by atoms with van der Waals surface area (Å²) in [4.78, 5) is 34.0. The number of hydrogen-bond acceptors (Lipinski definition) is 4. The zero-order valence-electron chi connectivity index (χ0n) is 18.4. The topological polar surface area (TPSA) is 94.1 Å². The van der Waals surface area contributed by atoms with Crippen LogP contribution in [0.5, 0.6) is 5.88 Å².